The molecule has 3 heterocycles. The molecule has 122 valence electrons. The molecular weight excluding hydrogens is 300 g/mol. The molecule has 1 fully saturated rings. The third-order valence-electron chi connectivity index (χ3n) is 4.71. The maximum atomic E-state index is 12.8. The van der Waals surface area contributed by atoms with Crippen LogP contribution >= 0.6 is 0 Å². The third-order valence-corrected chi connectivity index (χ3v) is 4.71. The molecule has 1 aromatic carbocycles. The monoisotopic (exact) mass is 320 g/mol. The lowest BCUT2D eigenvalue weighted by atomic mass is 10.0. The van der Waals surface area contributed by atoms with E-state index < -0.39 is 0 Å². The van der Waals surface area contributed by atoms with Crippen molar-refractivity contribution in [2.45, 2.75) is 25.4 Å². The van der Waals surface area contributed by atoms with E-state index in [0.29, 0.717) is 10.9 Å². The standard InChI is InChI=1S/C19H20N4O/c24-19-17-8-9-20-11-18(17)21-14-23(19)16-7-4-10-22(13-16)12-15-5-2-1-3-6-15/h1-3,5-6,8-9,11,14,16H,4,7,10,12-13H2/t16-/m0/s1. The Labute approximate surface area is 140 Å². The van der Waals surface area contributed by atoms with Gasteiger partial charge < -0.3 is 0 Å². The van der Waals surface area contributed by atoms with Gasteiger partial charge in [-0.05, 0) is 31.0 Å². The maximum absolute atomic E-state index is 12.8. The first-order valence-electron chi connectivity index (χ1n) is 8.38. The average molecular weight is 320 g/mol. The van der Waals surface area contributed by atoms with Crippen molar-refractivity contribution >= 4 is 10.9 Å². The van der Waals surface area contributed by atoms with Crippen LogP contribution in [0.1, 0.15) is 24.4 Å². The summed E-state index contributed by atoms with van der Waals surface area (Å²) in [5, 5.41) is 0.646. The topological polar surface area (TPSA) is 51.0 Å². The van der Waals surface area contributed by atoms with Crippen LogP contribution in [-0.2, 0) is 6.54 Å². The van der Waals surface area contributed by atoms with E-state index >= 15 is 0 Å². The minimum atomic E-state index is 0.0361. The number of piperidine rings is 1. The molecule has 24 heavy (non-hydrogen) atoms. The number of aromatic nitrogens is 3. The molecule has 1 aliphatic heterocycles. The summed E-state index contributed by atoms with van der Waals surface area (Å²) >= 11 is 0. The van der Waals surface area contributed by atoms with E-state index in [1.165, 1.54) is 5.56 Å². The van der Waals surface area contributed by atoms with Gasteiger partial charge >= 0.3 is 0 Å². The molecule has 0 unspecified atom stereocenters. The molecule has 2 aromatic heterocycles. The van der Waals surface area contributed by atoms with Crippen LogP contribution in [0.25, 0.3) is 10.9 Å². The van der Waals surface area contributed by atoms with Crippen LogP contribution in [0.15, 0.2) is 59.9 Å². The second kappa shape index (κ2) is 6.53. The van der Waals surface area contributed by atoms with Gasteiger partial charge in [0.05, 0.1) is 29.5 Å². The third kappa shape index (κ3) is 2.95. The van der Waals surface area contributed by atoms with Crippen molar-refractivity contribution in [2.75, 3.05) is 13.1 Å². The Bertz CT molecular complexity index is 891. The summed E-state index contributed by atoms with van der Waals surface area (Å²) < 4.78 is 1.81. The first kappa shape index (κ1) is 15.0. The molecule has 1 aliphatic rings. The number of nitrogens with zero attached hydrogens (tertiary/aromatic N) is 4. The molecule has 5 nitrogen and oxygen atoms in total. The zero-order valence-corrected chi connectivity index (χ0v) is 13.5. The van der Waals surface area contributed by atoms with Gasteiger partial charge in [0.15, 0.2) is 0 Å². The Morgan fingerprint density at radius 1 is 1.17 bits per heavy atom. The zero-order valence-electron chi connectivity index (χ0n) is 13.5. The van der Waals surface area contributed by atoms with Crippen molar-refractivity contribution in [3.63, 3.8) is 0 Å². The van der Waals surface area contributed by atoms with E-state index in [-0.39, 0.29) is 11.6 Å². The minimum Gasteiger partial charge on any atom is -0.297 e. The summed E-state index contributed by atoms with van der Waals surface area (Å²) in [4.78, 5) is 23.6. The van der Waals surface area contributed by atoms with Gasteiger partial charge in [0.1, 0.15) is 0 Å². The average Bonchev–Trinajstić information content (AvgIpc) is 2.63. The Kier molecular flexibility index (Phi) is 4.09. The number of pyridine rings is 1. The normalized spacial score (nSPS) is 18.8. The maximum Gasteiger partial charge on any atom is 0.261 e. The fraction of sp³-hybridized carbons (Fsp3) is 0.316. The molecule has 0 radical (unpaired) electrons. The Morgan fingerprint density at radius 3 is 2.92 bits per heavy atom. The molecule has 0 saturated carbocycles. The van der Waals surface area contributed by atoms with Gasteiger partial charge in [0, 0.05) is 19.3 Å². The Balaban J connectivity index is 1.58. The van der Waals surface area contributed by atoms with Crippen LogP contribution in [0, 0.1) is 0 Å². The number of fused-ring (bicyclic) bond motifs is 1. The molecular formula is C19H20N4O. The molecule has 5 heteroatoms. The van der Waals surface area contributed by atoms with Gasteiger partial charge in [-0.15, -0.1) is 0 Å². The van der Waals surface area contributed by atoms with Crippen molar-refractivity contribution in [2.24, 2.45) is 0 Å². The molecule has 0 spiro atoms. The highest BCUT2D eigenvalue weighted by Gasteiger charge is 2.22. The second-order valence-corrected chi connectivity index (χ2v) is 6.37. The molecule has 0 aliphatic carbocycles. The van der Waals surface area contributed by atoms with E-state index in [1.54, 1.807) is 29.4 Å². The predicted molar refractivity (Wildman–Crippen MR) is 93.8 cm³/mol. The largest absolute Gasteiger partial charge is 0.297 e. The highest BCUT2D eigenvalue weighted by atomic mass is 16.1. The quantitative estimate of drug-likeness (QED) is 0.744. The van der Waals surface area contributed by atoms with E-state index in [1.807, 2.05) is 6.07 Å². The lowest BCUT2D eigenvalue weighted by Crippen LogP contribution is -2.39. The SMILES string of the molecule is O=c1c2ccncc2ncn1[C@H]1CCCN(Cc2ccccc2)C1. The van der Waals surface area contributed by atoms with Crippen molar-refractivity contribution < 1.29 is 0 Å². The number of hydrogen-bond donors (Lipinski definition) is 0. The lowest BCUT2D eigenvalue weighted by molar-refractivity contribution is 0.168. The number of rotatable bonds is 3. The zero-order chi connectivity index (χ0) is 16.4. The fourth-order valence-electron chi connectivity index (χ4n) is 3.49. The van der Waals surface area contributed by atoms with E-state index in [9.17, 15) is 4.79 Å². The van der Waals surface area contributed by atoms with E-state index in [0.717, 1.165) is 32.5 Å². The summed E-state index contributed by atoms with van der Waals surface area (Å²) in [5.41, 5.74) is 2.01. The highest BCUT2D eigenvalue weighted by Crippen LogP contribution is 2.22. The van der Waals surface area contributed by atoms with Gasteiger partial charge in [-0.3, -0.25) is 19.2 Å². The van der Waals surface area contributed by atoms with Crippen molar-refractivity contribution in [3.8, 4) is 0 Å². The fourth-order valence-corrected chi connectivity index (χ4v) is 3.49. The van der Waals surface area contributed by atoms with Crippen molar-refractivity contribution in [3.05, 3.63) is 71.0 Å². The highest BCUT2D eigenvalue weighted by molar-refractivity contribution is 5.75. The van der Waals surface area contributed by atoms with Crippen LogP contribution in [0.4, 0.5) is 0 Å². The molecule has 0 amide bonds. The minimum absolute atomic E-state index is 0.0361. The molecule has 0 bridgehead atoms. The summed E-state index contributed by atoms with van der Waals surface area (Å²) in [7, 11) is 0. The number of benzene rings is 1. The van der Waals surface area contributed by atoms with Crippen molar-refractivity contribution in [1.29, 1.82) is 0 Å². The Hall–Kier alpha value is -2.53. The first-order valence-corrected chi connectivity index (χ1v) is 8.38. The predicted octanol–water partition coefficient (Wildman–Crippen LogP) is 2.63. The van der Waals surface area contributed by atoms with Crippen LogP contribution in [-0.4, -0.2) is 32.5 Å². The first-order chi connectivity index (χ1) is 11.8. The summed E-state index contributed by atoms with van der Waals surface area (Å²) in [6, 6.07) is 12.4. The summed E-state index contributed by atoms with van der Waals surface area (Å²) in [6.07, 6.45) is 7.09. The van der Waals surface area contributed by atoms with Gasteiger partial charge in [-0.25, -0.2) is 4.98 Å². The van der Waals surface area contributed by atoms with Gasteiger partial charge in [0.25, 0.3) is 5.56 Å². The van der Waals surface area contributed by atoms with E-state index in [4.69, 9.17) is 0 Å². The summed E-state index contributed by atoms with van der Waals surface area (Å²) in [5.74, 6) is 0. The smallest absolute Gasteiger partial charge is 0.261 e. The van der Waals surface area contributed by atoms with Crippen LogP contribution in [0.3, 0.4) is 0 Å². The summed E-state index contributed by atoms with van der Waals surface area (Å²) in [6.45, 7) is 2.88. The molecule has 3 aromatic rings. The molecule has 1 saturated heterocycles. The van der Waals surface area contributed by atoms with Gasteiger partial charge in [-0.2, -0.15) is 0 Å². The van der Waals surface area contributed by atoms with E-state index in [2.05, 4.69) is 39.1 Å². The Morgan fingerprint density at radius 2 is 2.04 bits per heavy atom. The second-order valence-electron chi connectivity index (χ2n) is 6.37. The van der Waals surface area contributed by atoms with Crippen LogP contribution in [0.2, 0.25) is 0 Å². The van der Waals surface area contributed by atoms with Crippen LogP contribution < -0.4 is 5.56 Å². The van der Waals surface area contributed by atoms with Gasteiger partial charge in [-0.1, -0.05) is 30.3 Å². The number of likely N-dealkylation sites (tertiary alicyclic amines) is 1. The molecule has 0 N–H and O–H groups in total. The molecule has 4 rings (SSSR count). The molecule has 1 atom stereocenters. The van der Waals surface area contributed by atoms with Crippen LogP contribution in [0.5, 0.6) is 0 Å². The number of hydrogen-bond acceptors (Lipinski definition) is 4. The lowest BCUT2D eigenvalue weighted by Gasteiger charge is -2.33. The van der Waals surface area contributed by atoms with Gasteiger partial charge in [0.2, 0.25) is 0 Å². The van der Waals surface area contributed by atoms with Crippen molar-refractivity contribution in [1.82, 2.24) is 19.4 Å².